The minimum Gasteiger partial charge on any atom is -0.465 e. The largest absolute Gasteiger partial charge is 0.465 e. The van der Waals surface area contributed by atoms with E-state index in [4.69, 9.17) is 25.5 Å². The molecule has 1 heterocycles. The van der Waals surface area contributed by atoms with Crippen LogP contribution in [-0.2, 0) is 26.1 Å². The van der Waals surface area contributed by atoms with Crippen LogP contribution in [0.15, 0.2) is 39.8 Å². The maximum atomic E-state index is 12.6. The molecule has 0 bridgehead atoms. The number of esters is 2. The second-order valence-electron chi connectivity index (χ2n) is 7.05. The third-order valence-corrected chi connectivity index (χ3v) is 5.71. The van der Waals surface area contributed by atoms with Crippen LogP contribution in [0.1, 0.15) is 54.2 Å². The number of hydrogen-bond acceptors (Lipinski definition) is 7. The van der Waals surface area contributed by atoms with E-state index in [1.807, 2.05) is 0 Å². The van der Waals surface area contributed by atoms with Crippen molar-refractivity contribution >= 4 is 33.6 Å². The molecule has 2 aromatic rings. The Kier molecular flexibility index (Phi) is 7.10. The van der Waals surface area contributed by atoms with Crippen molar-refractivity contribution in [2.45, 2.75) is 44.7 Å². The highest BCUT2D eigenvalue weighted by molar-refractivity contribution is 7.89. The van der Waals surface area contributed by atoms with Gasteiger partial charge in [0, 0.05) is 5.54 Å². The molecule has 0 radical (unpaired) electrons. The van der Waals surface area contributed by atoms with Crippen molar-refractivity contribution in [2.75, 3.05) is 6.61 Å². The van der Waals surface area contributed by atoms with Gasteiger partial charge in [-0.05, 0) is 52.0 Å². The molecule has 0 unspecified atom stereocenters. The summed E-state index contributed by atoms with van der Waals surface area (Å²) in [6.07, 6.45) is 1.28. The van der Waals surface area contributed by atoms with Crippen LogP contribution in [-0.4, -0.2) is 32.5 Å². The molecule has 1 aromatic carbocycles. The molecular formula is C19H22ClNO7S. The average molecular weight is 444 g/mol. The molecule has 0 fully saturated rings. The lowest BCUT2D eigenvalue weighted by Crippen LogP contribution is -2.40. The first kappa shape index (κ1) is 22.9. The van der Waals surface area contributed by atoms with Crippen molar-refractivity contribution in [1.29, 1.82) is 0 Å². The Morgan fingerprint density at radius 2 is 1.83 bits per heavy atom. The summed E-state index contributed by atoms with van der Waals surface area (Å²) in [5.74, 6) is -1.28. The second-order valence-corrected chi connectivity index (χ2v) is 9.11. The lowest BCUT2D eigenvalue weighted by molar-refractivity contribution is 0.0422. The minimum absolute atomic E-state index is 0.0204. The first-order chi connectivity index (χ1) is 13.4. The Labute approximate surface area is 174 Å². The van der Waals surface area contributed by atoms with Crippen molar-refractivity contribution in [1.82, 2.24) is 4.72 Å². The summed E-state index contributed by atoms with van der Waals surface area (Å²) in [5.41, 5.74) is -0.608. The van der Waals surface area contributed by atoms with Crippen molar-refractivity contribution in [2.24, 2.45) is 0 Å². The first-order valence-corrected chi connectivity index (χ1v) is 10.5. The van der Waals surface area contributed by atoms with E-state index < -0.39 is 27.5 Å². The fraction of sp³-hybridized carbons (Fsp3) is 0.368. The molecule has 0 amide bonds. The normalized spacial score (nSPS) is 11.9. The summed E-state index contributed by atoms with van der Waals surface area (Å²) in [6, 6.07) is 5.18. The predicted molar refractivity (Wildman–Crippen MR) is 105 cm³/mol. The highest BCUT2D eigenvalue weighted by Gasteiger charge is 2.26. The Morgan fingerprint density at radius 3 is 2.45 bits per heavy atom. The molecule has 2 rings (SSSR count). The van der Waals surface area contributed by atoms with E-state index in [9.17, 15) is 18.0 Å². The standard InChI is InChI=1S/C19H22ClNO7S/c1-5-26-18(23)13-8-9-27-15(13)11-28-17(22)12-6-7-14(20)16(10-12)29(24,25)21-19(2,3)4/h6-10,21H,5,11H2,1-4H3. The number of nitrogens with one attached hydrogen (secondary N) is 1. The van der Waals surface area contributed by atoms with Crippen molar-refractivity contribution < 1.29 is 31.9 Å². The molecule has 0 saturated heterocycles. The fourth-order valence-electron chi connectivity index (χ4n) is 2.35. The SMILES string of the molecule is CCOC(=O)c1ccoc1COC(=O)c1ccc(Cl)c(S(=O)(=O)NC(C)(C)C)c1. The van der Waals surface area contributed by atoms with Gasteiger partial charge in [-0.25, -0.2) is 22.7 Å². The molecule has 0 atom stereocenters. The van der Waals surface area contributed by atoms with Gasteiger partial charge in [-0.1, -0.05) is 11.6 Å². The van der Waals surface area contributed by atoms with Gasteiger partial charge in [0.25, 0.3) is 0 Å². The molecule has 0 saturated carbocycles. The maximum absolute atomic E-state index is 12.6. The van der Waals surface area contributed by atoms with E-state index in [2.05, 4.69) is 4.72 Å². The van der Waals surface area contributed by atoms with E-state index in [0.29, 0.717) is 0 Å². The smallest absolute Gasteiger partial charge is 0.341 e. The highest BCUT2D eigenvalue weighted by atomic mass is 35.5. The number of halogens is 1. The number of furan rings is 1. The number of hydrogen-bond donors (Lipinski definition) is 1. The molecule has 0 spiro atoms. The van der Waals surface area contributed by atoms with Crippen molar-refractivity contribution in [3.8, 4) is 0 Å². The van der Waals surface area contributed by atoms with Crippen LogP contribution in [0.3, 0.4) is 0 Å². The first-order valence-electron chi connectivity index (χ1n) is 8.68. The van der Waals surface area contributed by atoms with Crippen LogP contribution in [0.5, 0.6) is 0 Å². The van der Waals surface area contributed by atoms with Gasteiger partial charge in [0.15, 0.2) is 12.4 Å². The highest BCUT2D eigenvalue weighted by Crippen LogP contribution is 2.25. The van der Waals surface area contributed by atoms with Crippen molar-refractivity contribution in [3.63, 3.8) is 0 Å². The third kappa shape index (κ3) is 6.06. The van der Waals surface area contributed by atoms with Gasteiger partial charge in [0.05, 0.1) is 23.5 Å². The van der Waals surface area contributed by atoms with Crippen LogP contribution in [0.25, 0.3) is 0 Å². The summed E-state index contributed by atoms with van der Waals surface area (Å²) in [4.78, 5) is 24.0. The van der Waals surface area contributed by atoms with Gasteiger partial charge in [0.1, 0.15) is 10.5 Å². The number of sulfonamides is 1. The summed E-state index contributed by atoms with van der Waals surface area (Å²) < 4.78 is 42.8. The zero-order valence-electron chi connectivity index (χ0n) is 16.4. The number of carbonyl (C=O) groups excluding carboxylic acids is 2. The van der Waals surface area contributed by atoms with E-state index in [1.54, 1.807) is 27.7 Å². The maximum Gasteiger partial charge on any atom is 0.341 e. The lowest BCUT2D eigenvalue weighted by atomic mass is 10.1. The van der Waals surface area contributed by atoms with Crippen LogP contribution in [0, 0.1) is 0 Å². The Hall–Kier alpha value is -2.36. The molecule has 0 aliphatic heterocycles. The molecule has 8 nitrogen and oxygen atoms in total. The molecule has 0 aliphatic rings. The molecule has 158 valence electrons. The van der Waals surface area contributed by atoms with Crippen LogP contribution in [0.4, 0.5) is 0 Å². The number of carbonyl (C=O) groups is 2. The lowest BCUT2D eigenvalue weighted by Gasteiger charge is -2.21. The summed E-state index contributed by atoms with van der Waals surface area (Å²) in [7, 11) is -3.96. The van der Waals surface area contributed by atoms with Crippen LogP contribution in [0.2, 0.25) is 5.02 Å². The molecule has 29 heavy (non-hydrogen) atoms. The zero-order valence-corrected chi connectivity index (χ0v) is 18.0. The Balaban J connectivity index is 2.19. The zero-order chi connectivity index (χ0) is 21.8. The van der Waals surface area contributed by atoms with Gasteiger partial charge >= 0.3 is 11.9 Å². The average Bonchev–Trinajstić information content (AvgIpc) is 3.06. The van der Waals surface area contributed by atoms with E-state index in [1.165, 1.54) is 24.5 Å². The molecule has 1 aromatic heterocycles. The van der Waals surface area contributed by atoms with Gasteiger partial charge in [-0.2, -0.15) is 0 Å². The number of ether oxygens (including phenoxy) is 2. The quantitative estimate of drug-likeness (QED) is 0.651. The topological polar surface area (TPSA) is 112 Å². The van der Waals surface area contributed by atoms with E-state index in [-0.39, 0.29) is 40.0 Å². The molecule has 1 N–H and O–H groups in total. The molecular weight excluding hydrogens is 422 g/mol. The number of rotatable bonds is 7. The Morgan fingerprint density at radius 1 is 1.14 bits per heavy atom. The predicted octanol–water partition coefficient (Wildman–Crippen LogP) is 3.54. The monoisotopic (exact) mass is 443 g/mol. The summed E-state index contributed by atoms with van der Waals surface area (Å²) >= 11 is 6.02. The van der Waals surface area contributed by atoms with Crippen LogP contribution >= 0.6 is 11.6 Å². The van der Waals surface area contributed by atoms with E-state index in [0.717, 1.165) is 6.07 Å². The third-order valence-electron chi connectivity index (χ3n) is 3.47. The summed E-state index contributed by atoms with van der Waals surface area (Å²) in [6.45, 7) is 6.57. The second kappa shape index (κ2) is 8.98. The van der Waals surface area contributed by atoms with Crippen LogP contribution < -0.4 is 4.72 Å². The fourth-order valence-corrected chi connectivity index (χ4v) is 4.30. The number of benzene rings is 1. The summed E-state index contributed by atoms with van der Waals surface area (Å²) in [5, 5.41) is -0.0334. The van der Waals surface area contributed by atoms with Gasteiger partial charge < -0.3 is 13.9 Å². The minimum atomic E-state index is -3.96. The Bertz CT molecular complexity index is 1010. The molecule has 0 aliphatic carbocycles. The van der Waals surface area contributed by atoms with Gasteiger partial charge in [-0.15, -0.1) is 0 Å². The molecule has 10 heteroatoms. The van der Waals surface area contributed by atoms with Crippen molar-refractivity contribution in [3.05, 3.63) is 52.4 Å². The van der Waals surface area contributed by atoms with Gasteiger partial charge in [0.2, 0.25) is 10.0 Å². The van der Waals surface area contributed by atoms with E-state index >= 15 is 0 Å². The van der Waals surface area contributed by atoms with Gasteiger partial charge in [-0.3, -0.25) is 0 Å².